The molecule has 0 atom stereocenters. The summed E-state index contributed by atoms with van der Waals surface area (Å²) in [5, 5.41) is 0. The first kappa shape index (κ1) is 19.6. The van der Waals surface area contributed by atoms with Crippen molar-refractivity contribution < 1.29 is 17.6 Å². The fourth-order valence-corrected chi connectivity index (χ4v) is 4.95. The molecule has 1 saturated heterocycles. The van der Waals surface area contributed by atoms with Gasteiger partial charge in [0.1, 0.15) is 5.76 Å². The summed E-state index contributed by atoms with van der Waals surface area (Å²) in [6.45, 7) is 5.02. The Bertz CT molecular complexity index is 898. The summed E-state index contributed by atoms with van der Waals surface area (Å²) in [7, 11) is -1.77. The lowest BCUT2D eigenvalue weighted by molar-refractivity contribution is -0.136. The van der Waals surface area contributed by atoms with Crippen molar-refractivity contribution in [2.45, 2.75) is 38.1 Å². The summed E-state index contributed by atoms with van der Waals surface area (Å²) in [4.78, 5) is 14.6. The number of hydrogen-bond donors (Lipinski definition) is 0. The zero-order valence-corrected chi connectivity index (χ0v) is 16.8. The SMILES string of the molecule is Cc1ccc(S(=O)(=O)N2CCC(C(=O)N(C)Cc3ccco3)CC2)cc1C. The van der Waals surface area contributed by atoms with Crippen LogP contribution in [0, 0.1) is 19.8 Å². The van der Waals surface area contributed by atoms with Gasteiger partial charge in [-0.1, -0.05) is 6.07 Å². The molecular formula is C20H26N2O4S. The summed E-state index contributed by atoms with van der Waals surface area (Å²) < 4.78 is 32.6. The monoisotopic (exact) mass is 390 g/mol. The maximum atomic E-state index is 12.9. The molecular weight excluding hydrogens is 364 g/mol. The van der Waals surface area contributed by atoms with Crippen molar-refractivity contribution in [3.05, 3.63) is 53.5 Å². The summed E-state index contributed by atoms with van der Waals surface area (Å²) in [5.41, 5.74) is 2.03. The predicted molar refractivity (Wildman–Crippen MR) is 103 cm³/mol. The molecule has 1 aliphatic rings. The first-order valence-corrected chi connectivity index (χ1v) is 10.6. The van der Waals surface area contributed by atoms with Gasteiger partial charge in [0.25, 0.3) is 0 Å². The van der Waals surface area contributed by atoms with Gasteiger partial charge in [-0.2, -0.15) is 4.31 Å². The number of hydrogen-bond acceptors (Lipinski definition) is 4. The number of rotatable bonds is 5. The Morgan fingerprint density at radius 3 is 2.48 bits per heavy atom. The Kier molecular flexibility index (Phi) is 5.72. The van der Waals surface area contributed by atoms with Crippen LogP contribution in [0.1, 0.15) is 29.7 Å². The average Bonchev–Trinajstić information content (AvgIpc) is 3.16. The highest BCUT2D eigenvalue weighted by Gasteiger charge is 2.33. The first-order chi connectivity index (χ1) is 12.8. The molecule has 0 radical (unpaired) electrons. The summed E-state index contributed by atoms with van der Waals surface area (Å²) >= 11 is 0. The van der Waals surface area contributed by atoms with E-state index in [9.17, 15) is 13.2 Å². The van der Waals surface area contributed by atoms with Crippen molar-refractivity contribution in [2.24, 2.45) is 5.92 Å². The molecule has 1 fully saturated rings. The normalized spacial score (nSPS) is 16.4. The van der Waals surface area contributed by atoms with E-state index in [0.717, 1.165) is 16.9 Å². The Morgan fingerprint density at radius 1 is 1.19 bits per heavy atom. The van der Waals surface area contributed by atoms with E-state index in [4.69, 9.17) is 4.42 Å². The number of furan rings is 1. The van der Waals surface area contributed by atoms with Gasteiger partial charge in [0.2, 0.25) is 15.9 Å². The fourth-order valence-electron chi connectivity index (χ4n) is 3.39. The molecule has 0 spiro atoms. The Labute approximate surface area is 160 Å². The van der Waals surface area contributed by atoms with Crippen LogP contribution in [-0.2, 0) is 21.4 Å². The highest BCUT2D eigenvalue weighted by molar-refractivity contribution is 7.89. The van der Waals surface area contributed by atoms with Gasteiger partial charge < -0.3 is 9.32 Å². The number of carbonyl (C=O) groups excluding carboxylic acids is 1. The second-order valence-corrected chi connectivity index (χ2v) is 9.14. The molecule has 0 saturated carbocycles. The van der Waals surface area contributed by atoms with E-state index in [0.29, 0.717) is 37.4 Å². The molecule has 7 heteroatoms. The summed E-state index contributed by atoms with van der Waals surface area (Å²) in [6, 6.07) is 8.85. The second-order valence-electron chi connectivity index (χ2n) is 7.20. The maximum Gasteiger partial charge on any atom is 0.243 e. The van der Waals surface area contributed by atoms with Gasteiger partial charge >= 0.3 is 0 Å². The van der Waals surface area contributed by atoms with Crippen molar-refractivity contribution >= 4 is 15.9 Å². The second kappa shape index (κ2) is 7.86. The molecule has 1 aromatic heterocycles. The van der Waals surface area contributed by atoms with Crippen molar-refractivity contribution in [1.29, 1.82) is 0 Å². The number of carbonyl (C=O) groups is 1. The average molecular weight is 391 g/mol. The van der Waals surface area contributed by atoms with Crippen LogP contribution in [0.15, 0.2) is 45.9 Å². The van der Waals surface area contributed by atoms with E-state index in [1.54, 1.807) is 36.4 Å². The predicted octanol–water partition coefficient (Wildman–Crippen LogP) is 2.96. The van der Waals surface area contributed by atoms with E-state index in [1.165, 1.54) is 4.31 Å². The third-order valence-corrected chi connectivity index (χ3v) is 7.16. The van der Waals surface area contributed by atoms with E-state index >= 15 is 0 Å². The van der Waals surface area contributed by atoms with Crippen LogP contribution >= 0.6 is 0 Å². The van der Waals surface area contributed by atoms with Gasteiger partial charge in [-0.3, -0.25) is 4.79 Å². The molecule has 1 amide bonds. The molecule has 3 rings (SSSR count). The molecule has 1 aromatic carbocycles. The molecule has 6 nitrogen and oxygen atoms in total. The van der Waals surface area contributed by atoms with Gasteiger partial charge in [0.15, 0.2) is 0 Å². The highest BCUT2D eigenvalue weighted by atomic mass is 32.2. The molecule has 0 N–H and O–H groups in total. The topological polar surface area (TPSA) is 70.8 Å². The first-order valence-electron chi connectivity index (χ1n) is 9.14. The number of sulfonamides is 1. The molecule has 1 aliphatic heterocycles. The van der Waals surface area contributed by atoms with Crippen molar-refractivity contribution in [3.63, 3.8) is 0 Å². The standard InChI is InChI=1S/C20H26N2O4S/c1-15-6-7-19(13-16(15)2)27(24,25)22-10-8-17(9-11-22)20(23)21(3)14-18-5-4-12-26-18/h4-7,12-13,17H,8-11,14H2,1-3H3. The Balaban J connectivity index is 1.62. The van der Waals surface area contributed by atoms with E-state index in [2.05, 4.69) is 0 Å². The Morgan fingerprint density at radius 2 is 1.89 bits per heavy atom. The van der Waals surface area contributed by atoms with E-state index < -0.39 is 10.0 Å². The third-order valence-electron chi connectivity index (χ3n) is 5.27. The summed E-state index contributed by atoms with van der Waals surface area (Å²) in [6.07, 6.45) is 2.65. The van der Waals surface area contributed by atoms with Crippen LogP contribution in [-0.4, -0.2) is 43.7 Å². The molecule has 2 heterocycles. The lowest BCUT2D eigenvalue weighted by Gasteiger charge is -2.32. The number of benzene rings is 1. The van der Waals surface area contributed by atoms with Gasteiger partial charge in [-0.15, -0.1) is 0 Å². The van der Waals surface area contributed by atoms with E-state index in [-0.39, 0.29) is 11.8 Å². The molecule has 0 unspecified atom stereocenters. The summed E-state index contributed by atoms with van der Waals surface area (Å²) in [5.74, 6) is 0.617. The zero-order valence-electron chi connectivity index (χ0n) is 16.0. The maximum absolute atomic E-state index is 12.9. The van der Waals surface area contributed by atoms with Gasteiger partial charge in [-0.25, -0.2) is 8.42 Å². The van der Waals surface area contributed by atoms with Crippen LogP contribution in [0.4, 0.5) is 0 Å². The molecule has 2 aromatic rings. The van der Waals surface area contributed by atoms with Gasteiger partial charge in [0, 0.05) is 26.1 Å². The fraction of sp³-hybridized carbons (Fsp3) is 0.450. The smallest absolute Gasteiger partial charge is 0.243 e. The van der Waals surface area contributed by atoms with E-state index in [1.807, 2.05) is 26.0 Å². The zero-order chi connectivity index (χ0) is 19.6. The molecule has 0 aliphatic carbocycles. The van der Waals surface area contributed by atoms with Crippen LogP contribution in [0.5, 0.6) is 0 Å². The van der Waals surface area contributed by atoms with Crippen LogP contribution in [0.2, 0.25) is 0 Å². The van der Waals surface area contributed by atoms with Crippen molar-refractivity contribution in [3.8, 4) is 0 Å². The third kappa shape index (κ3) is 4.25. The number of amides is 1. The minimum absolute atomic E-state index is 0.0367. The Hall–Kier alpha value is -2.12. The van der Waals surface area contributed by atoms with Crippen molar-refractivity contribution in [2.75, 3.05) is 20.1 Å². The minimum atomic E-state index is -3.52. The number of aryl methyl sites for hydroxylation is 2. The molecule has 0 bridgehead atoms. The minimum Gasteiger partial charge on any atom is -0.467 e. The lowest BCUT2D eigenvalue weighted by Crippen LogP contribution is -2.43. The largest absolute Gasteiger partial charge is 0.467 e. The van der Waals surface area contributed by atoms with Crippen molar-refractivity contribution in [1.82, 2.24) is 9.21 Å². The van der Waals surface area contributed by atoms with Crippen LogP contribution in [0.25, 0.3) is 0 Å². The number of nitrogens with zero attached hydrogens (tertiary/aromatic N) is 2. The highest BCUT2D eigenvalue weighted by Crippen LogP contribution is 2.26. The molecule has 27 heavy (non-hydrogen) atoms. The molecule has 146 valence electrons. The number of piperidine rings is 1. The van der Waals surface area contributed by atoms with Gasteiger partial charge in [0.05, 0.1) is 17.7 Å². The van der Waals surface area contributed by atoms with Gasteiger partial charge in [-0.05, 0) is 62.1 Å². The lowest BCUT2D eigenvalue weighted by atomic mass is 9.96. The quantitative estimate of drug-likeness (QED) is 0.787. The van der Waals surface area contributed by atoms with Crippen LogP contribution in [0.3, 0.4) is 0 Å². The van der Waals surface area contributed by atoms with Crippen LogP contribution < -0.4 is 0 Å².